The molecule has 0 aliphatic heterocycles. The van der Waals surface area contributed by atoms with E-state index in [9.17, 15) is 0 Å². The highest BCUT2D eigenvalue weighted by atomic mass is 15.2. The first-order valence-corrected chi connectivity index (χ1v) is 8.81. The van der Waals surface area contributed by atoms with Gasteiger partial charge in [-0.3, -0.25) is 4.90 Å². The molecule has 2 saturated carbocycles. The first-order valence-electron chi connectivity index (χ1n) is 8.81. The maximum absolute atomic E-state index is 6.11. The van der Waals surface area contributed by atoms with Crippen molar-refractivity contribution in [2.75, 3.05) is 6.54 Å². The predicted molar refractivity (Wildman–Crippen MR) is 89.0 cm³/mol. The number of rotatable bonds is 6. The predicted octanol–water partition coefficient (Wildman–Crippen LogP) is 3.80. The van der Waals surface area contributed by atoms with Crippen molar-refractivity contribution in [3.8, 4) is 0 Å². The largest absolute Gasteiger partial charge is 0.330 e. The summed E-state index contributed by atoms with van der Waals surface area (Å²) in [6.45, 7) is 4.32. The van der Waals surface area contributed by atoms with Crippen LogP contribution in [0.4, 0.5) is 0 Å². The van der Waals surface area contributed by atoms with Crippen LogP contribution in [0.25, 0.3) is 0 Å². The van der Waals surface area contributed by atoms with Gasteiger partial charge in [-0.2, -0.15) is 0 Å². The van der Waals surface area contributed by atoms with E-state index in [2.05, 4.69) is 42.2 Å². The molecule has 2 heteroatoms. The summed E-state index contributed by atoms with van der Waals surface area (Å²) in [5.74, 6) is 1.62. The summed E-state index contributed by atoms with van der Waals surface area (Å²) in [5.41, 5.74) is 7.56. The van der Waals surface area contributed by atoms with Gasteiger partial charge in [0.15, 0.2) is 0 Å². The number of hydrogen-bond acceptors (Lipinski definition) is 2. The molecular weight excluding hydrogens is 256 g/mol. The zero-order valence-electron chi connectivity index (χ0n) is 13.4. The molecule has 0 amide bonds. The van der Waals surface area contributed by atoms with Crippen molar-refractivity contribution in [1.82, 2.24) is 4.90 Å². The minimum atomic E-state index is 0.706. The Morgan fingerprint density at radius 3 is 2.48 bits per heavy atom. The van der Waals surface area contributed by atoms with Gasteiger partial charge >= 0.3 is 0 Å². The van der Waals surface area contributed by atoms with Crippen molar-refractivity contribution in [2.24, 2.45) is 17.6 Å². The molecule has 0 radical (unpaired) electrons. The van der Waals surface area contributed by atoms with E-state index in [1.54, 1.807) is 0 Å². The van der Waals surface area contributed by atoms with E-state index in [1.807, 2.05) is 0 Å². The molecule has 2 nitrogen and oxygen atoms in total. The SMILES string of the molecule is CCC1CCC(CN)C(N(Cc2ccccc2)C2CC2)C1. The van der Waals surface area contributed by atoms with Crippen LogP contribution in [0.5, 0.6) is 0 Å². The molecule has 0 heterocycles. The third-order valence-electron chi connectivity index (χ3n) is 5.59. The van der Waals surface area contributed by atoms with Crippen LogP contribution in [0.3, 0.4) is 0 Å². The highest BCUT2D eigenvalue weighted by Crippen LogP contribution is 2.39. The van der Waals surface area contributed by atoms with Crippen LogP contribution in [0.15, 0.2) is 30.3 Å². The van der Waals surface area contributed by atoms with Crippen molar-refractivity contribution in [1.29, 1.82) is 0 Å². The monoisotopic (exact) mass is 286 g/mol. The van der Waals surface area contributed by atoms with Gasteiger partial charge in [-0.15, -0.1) is 0 Å². The summed E-state index contributed by atoms with van der Waals surface area (Å²) < 4.78 is 0. The van der Waals surface area contributed by atoms with Crippen LogP contribution in [0.2, 0.25) is 0 Å². The van der Waals surface area contributed by atoms with Crippen LogP contribution >= 0.6 is 0 Å². The summed E-state index contributed by atoms with van der Waals surface area (Å²) in [4.78, 5) is 2.80. The second kappa shape index (κ2) is 6.93. The smallest absolute Gasteiger partial charge is 0.0239 e. The lowest BCUT2D eigenvalue weighted by Gasteiger charge is -2.43. The Morgan fingerprint density at radius 2 is 1.86 bits per heavy atom. The van der Waals surface area contributed by atoms with Crippen molar-refractivity contribution >= 4 is 0 Å². The van der Waals surface area contributed by atoms with Crippen LogP contribution in [0.1, 0.15) is 51.0 Å². The number of nitrogens with two attached hydrogens (primary N) is 1. The van der Waals surface area contributed by atoms with Gasteiger partial charge in [-0.1, -0.05) is 50.1 Å². The highest BCUT2D eigenvalue weighted by molar-refractivity contribution is 5.15. The van der Waals surface area contributed by atoms with Gasteiger partial charge in [-0.25, -0.2) is 0 Å². The first kappa shape index (κ1) is 15.1. The molecular formula is C19H30N2. The van der Waals surface area contributed by atoms with Gasteiger partial charge < -0.3 is 5.73 Å². The number of benzene rings is 1. The van der Waals surface area contributed by atoms with Crippen LogP contribution in [-0.2, 0) is 6.54 Å². The van der Waals surface area contributed by atoms with E-state index in [0.29, 0.717) is 12.0 Å². The van der Waals surface area contributed by atoms with Gasteiger partial charge in [0.1, 0.15) is 0 Å². The Kier molecular flexibility index (Phi) is 4.97. The van der Waals surface area contributed by atoms with Gasteiger partial charge in [0.05, 0.1) is 0 Å². The molecule has 3 rings (SSSR count). The molecule has 0 aromatic heterocycles. The third kappa shape index (κ3) is 3.67. The Hall–Kier alpha value is -0.860. The maximum Gasteiger partial charge on any atom is 0.0239 e. The first-order chi connectivity index (χ1) is 10.3. The van der Waals surface area contributed by atoms with Gasteiger partial charge in [-0.05, 0) is 49.6 Å². The molecule has 116 valence electrons. The Balaban J connectivity index is 1.74. The lowest BCUT2D eigenvalue weighted by molar-refractivity contribution is 0.0675. The molecule has 2 aliphatic rings. The fourth-order valence-electron chi connectivity index (χ4n) is 4.06. The molecule has 2 aliphatic carbocycles. The van der Waals surface area contributed by atoms with Gasteiger partial charge in [0.2, 0.25) is 0 Å². The number of nitrogens with zero attached hydrogens (tertiary/aromatic N) is 1. The lowest BCUT2D eigenvalue weighted by Crippen LogP contribution is -2.47. The average Bonchev–Trinajstić information content (AvgIpc) is 3.38. The fraction of sp³-hybridized carbons (Fsp3) is 0.684. The molecule has 1 aromatic rings. The average molecular weight is 286 g/mol. The quantitative estimate of drug-likeness (QED) is 0.861. The minimum absolute atomic E-state index is 0.706. The standard InChI is InChI=1S/C19H30N2/c1-2-15-8-9-17(13-20)19(12-15)21(18-10-11-18)14-16-6-4-3-5-7-16/h3-7,15,17-19H,2,8-14,20H2,1H3. The van der Waals surface area contributed by atoms with E-state index in [-0.39, 0.29) is 0 Å². The minimum Gasteiger partial charge on any atom is -0.330 e. The summed E-state index contributed by atoms with van der Waals surface area (Å²) >= 11 is 0. The van der Waals surface area contributed by atoms with Gasteiger partial charge in [0, 0.05) is 18.6 Å². The van der Waals surface area contributed by atoms with E-state index < -0.39 is 0 Å². The Morgan fingerprint density at radius 1 is 1.10 bits per heavy atom. The highest BCUT2D eigenvalue weighted by Gasteiger charge is 2.39. The molecule has 1 aromatic carbocycles. The van der Waals surface area contributed by atoms with E-state index in [4.69, 9.17) is 5.73 Å². The lowest BCUT2D eigenvalue weighted by atomic mass is 9.76. The molecule has 0 spiro atoms. The van der Waals surface area contributed by atoms with E-state index in [0.717, 1.165) is 25.0 Å². The Bertz CT molecular complexity index is 426. The maximum atomic E-state index is 6.11. The topological polar surface area (TPSA) is 29.3 Å². The number of hydrogen-bond donors (Lipinski definition) is 1. The van der Waals surface area contributed by atoms with Crippen molar-refractivity contribution in [3.63, 3.8) is 0 Å². The summed E-state index contributed by atoms with van der Waals surface area (Å²) in [7, 11) is 0. The van der Waals surface area contributed by atoms with E-state index >= 15 is 0 Å². The Labute approximate surface area is 129 Å². The van der Waals surface area contributed by atoms with Crippen LogP contribution < -0.4 is 5.73 Å². The summed E-state index contributed by atoms with van der Waals surface area (Å²) in [6.07, 6.45) is 8.19. The molecule has 3 unspecified atom stereocenters. The second-order valence-electron chi connectivity index (χ2n) is 7.04. The molecule has 21 heavy (non-hydrogen) atoms. The summed E-state index contributed by atoms with van der Waals surface area (Å²) in [6, 6.07) is 12.5. The van der Waals surface area contributed by atoms with Gasteiger partial charge in [0.25, 0.3) is 0 Å². The molecule has 0 saturated heterocycles. The zero-order valence-corrected chi connectivity index (χ0v) is 13.4. The summed E-state index contributed by atoms with van der Waals surface area (Å²) in [5, 5.41) is 0. The molecule has 2 fully saturated rings. The van der Waals surface area contributed by atoms with E-state index in [1.165, 1.54) is 44.1 Å². The molecule has 3 atom stereocenters. The van der Waals surface area contributed by atoms with Crippen LogP contribution in [-0.4, -0.2) is 23.5 Å². The molecule has 0 bridgehead atoms. The molecule has 2 N–H and O–H groups in total. The zero-order chi connectivity index (χ0) is 14.7. The fourth-order valence-corrected chi connectivity index (χ4v) is 4.06. The van der Waals surface area contributed by atoms with Crippen LogP contribution in [0, 0.1) is 11.8 Å². The van der Waals surface area contributed by atoms with Crippen molar-refractivity contribution in [3.05, 3.63) is 35.9 Å². The van der Waals surface area contributed by atoms with Crippen molar-refractivity contribution < 1.29 is 0 Å². The van der Waals surface area contributed by atoms with Crippen molar-refractivity contribution in [2.45, 2.75) is 64.1 Å². The third-order valence-corrected chi connectivity index (χ3v) is 5.59. The second-order valence-corrected chi connectivity index (χ2v) is 7.04. The normalized spacial score (nSPS) is 29.8.